The maximum Gasteiger partial charge on any atom is 0.321 e. The Balaban J connectivity index is 1.62. The number of aromatic nitrogens is 3. The van der Waals surface area contributed by atoms with Crippen LogP contribution in [0.25, 0.3) is 0 Å². The van der Waals surface area contributed by atoms with Gasteiger partial charge in [-0.2, -0.15) is 0 Å². The number of imide groups is 1. The van der Waals surface area contributed by atoms with Crippen molar-refractivity contribution < 1.29 is 9.59 Å². The molecule has 0 bridgehead atoms. The van der Waals surface area contributed by atoms with Gasteiger partial charge in [-0.05, 0) is 46.5 Å². The Labute approximate surface area is 140 Å². The minimum atomic E-state index is -0.459. The SMILES string of the molecule is CC(C)NC(=O)NC(=O)C(C)Sc1nnc(C2CC2)n1C1CC1. The third-order valence-electron chi connectivity index (χ3n) is 3.85. The Bertz CT molecular complexity index is 607. The maximum absolute atomic E-state index is 12.1. The highest BCUT2D eigenvalue weighted by atomic mass is 32.2. The van der Waals surface area contributed by atoms with Crippen molar-refractivity contribution in [1.29, 1.82) is 0 Å². The quantitative estimate of drug-likeness (QED) is 0.777. The molecule has 3 amide bonds. The molecule has 23 heavy (non-hydrogen) atoms. The fourth-order valence-corrected chi connectivity index (χ4v) is 3.31. The van der Waals surface area contributed by atoms with Crippen molar-refractivity contribution in [1.82, 2.24) is 25.4 Å². The first-order valence-corrected chi connectivity index (χ1v) is 9.06. The van der Waals surface area contributed by atoms with E-state index in [4.69, 9.17) is 0 Å². The van der Waals surface area contributed by atoms with Crippen LogP contribution < -0.4 is 10.6 Å². The first-order chi connectivity index (χ1) is 11.0. The summed E-state index contributed by atoms with van der Waals surface area (Å²) in [5, 5.41) is 14.0. The molecule has 1 aromatic rings. The van der Waals surface area contributed by atoms with Crippen molar-refractivity contribution in [2.24, 2.45) is 0 Å². The molecule has 0 radical (unpaired) electrons. The Morgan fingerprint density at radius 2 is 1.87 bits per heavy atom. The van der Waals surface area contributed by atoms with Gasteiger partial charge in [-0.25, -0.2) is 4.79 Å². The Hall–Kier alpha value is -1.57. The van der Waals surface area contributed by atoms with Gasteiger partial charge < -0.3 is 9.88 Å². The van der Waals surface area contributed by atoms with Crippen LogP contribution in [0.15, 0.2) is 5.16 Å². The van der Waals surface area contributed by atoms with Gasteiger partial charge in [0.15, 0.2) is 5.16 Å². The summed E-state index contributed by atoms with van der Waals surface area (Å²) in [4.78, 5) is 23.8. The molecule has 3 rings (SSSR count). The molecular formula is C15H23N5O2S. The van der Waals surface area contributed by atoms with Crippen LogP contribution in [0.4, 0.5) is 4.79 Å². The lowest BCUT2D eigenvalue weighted by molar-refractivity contribution is -0.119. The molecule has 0 aromatic carbocycles. The van der Waals surface area contributed by atoms with Gasteiger partial charge >= 0.3 is 6.03 Å². The fraction of sp³-hybridized carbons (Fsp3) is 0.733. The van der Waals surface area contributed by atoms with E-state index >= 15 is 0 Å². The average molecular weight is 337 g/mol. The number of amides is 3. The molecule has 0 spiro atoms. The summed E-state index contributed by atoms with van der Waals surface area (Å²) in [5.41, 5.74) is 0. The predicted molar refractivity (Wildman–Crippen MR) is 87.4 cm³/mol. The molecule has 1 atom stereocenters. The number of carbonyl (C=O) groups excluding carboxylic acids is 2. The summed E-state index contributed by atoms with van der Waals surface area (Å²) >= 11 is 1.37. The zero-order valence-electron chi connectivity index (χ0n) is 13.7. The smallest absolute Gasteiger partial charge is 0.321 e. The first-order valence-electron chi connectivity index (χ1n) is 8.18. The molecule has 2 saturated carbocycles. The summed E-state index contributed by atoms with van der Waals surface area (Å²) in [7, 11) is 0. The molecule has 0 saturated heterocycles. The highest BCUT2D eigenvalue weighted by molar-refractivity contribution is 8.00. The zero-order valence-corrected chi connectivity index (χ0v) is 14.5. The molecule has 1 heterocycles. The Morgan fingerprint density at radius 1 is 1.17 bits per heavy atom. The molecule has 8 heteroatoms. The number of nitrogens with one attached hydrogen (secondary N) is 2. The molecule has 1 aromatic heterocycles. The van der Waals surface area contributed by atoms with Crippen molar-refractivity contribution in [3.63, 3.8) is 0 Å². The largest absolute Gasteiger partial charge is 0.336 e. The molecule has 2 fully saturated rings. The van der Waals surface area contributed by atoms with E-state index in [0.717, 1.165) is 23.8 Å². The maximum atomic E-state index is 12.1. The van der Waals surface area contributed by atoms with Gasteiger partial charge in [0.1, 0.15) is 5.82 Å². The molecule has 0 aliphatic heterocycles. The molecular weight excluding hydrogens is 314 g/mol. The van der Waals surface area contributed by atoms with E-state index in [9.17, 15) is 9.59 Å². The number of thioether (sulfide) groups is 1. The standard InChI is InChI=1S/C15H23N5O2S/c1-8(2)16-14(22)17-13(21)9(3)23-15-19-18-12(10-4-5-10)20(15)11-6-7-11/h8-11H,4-7H2,1-3H3,(H2,16,17,21,22). The van der Waals surface area contributed by atoms with E-state index in [0.29, 0.717) is 12.0 Å². The van der Waals surface area contributed by atoms with Crippen LogP contribution in [0.5, 0.6) is 0 Å². The lowest BCUT2D eigenvalue weighted by atomic mass is 10.4. The summed E-state index contributed by atoms with van der Waals surface area (Å²) in [6.45, 7) is 5.48. The van der Waals surface area contributed by atoms with Gasteiger partial charge in [-0.3, -0.25) is 10.1 Å². The molecule has 1 unspecified atom stereocenters. The van der Waals surface area contributed by atoms with Gasteiger partial charge in [0.05, 0.1) is 5.25 Å². The second-order valence-electron chi connectivity index (χ2n) is 6.59. The van der Waals surface area contributed by atoms with Crippen LogP contribution in [0.2, 0.25) is 0 Å². The van der Waals surface area contributed by atoms with Crippen molar-refractivity contribution in [2.75, 3.05) is 0 Å². The van der Waals surface area contributed by atoms with Crippen LogP contribution in [0.3, 0.4) is 0 Å². The topological polar surface area (TPSA) is 88.9 Å². The minimum Gasteiger partial charge on any atom is -0.336 e. The van der Waals surface area contributed by atoms with Crippen molar-refractivity contribution in [3.8, 4) is 0 Å². The molecule has 2 aliphatic carbocycles. The van der Waals surface area contributed by atoms with Crippen molar-refractivity contribution >= 4 is 23.7 Å². The van der Waals surface area contributed by atoms with E-state index in [1.165, 1.54) is 24.6 Å². The third-order valence-corrected chi connectivity index (χ3v) is 4.91. The number of hydrogen-bond acceptors (Lipinski definition) is 5. The highest BCUT2D eigenvalue weighted by Crippen LogP contribution is 2.46. The average Bonchev–Trinajstić information content (AvgIpc) is 3.37. The number of hydrogen-bond donors (Lipinski definition) is 2. The van der Waals surface area contributed by atoms with E-state index < -0.39 is 11.3 Å². The van der Waals surface area contributed by atoms with Crippen LogP contribution >= 0.6 is 11.8 Å². The number of rotatable bonds is 6. The molecule has 7 nitrogen and oxygen atoms in total. The van der Waals surface area contributed by atoms with Crippen LogP contribution in [-0.2, 0) is 4.79 Å². The third kappa shape index (κ3) is 4.04. The van der Waals surface area contributed by atoms with Crippen LogP contribution in [0, 0.1) is 0 Å². The number of carbonyl (C=O) groups is 2. The monoisotopic (exact) mass is 337 g/mol. The lowest BCUT2D eigenvalue weighted by Gasteiger charge is -2.14. The molecule has 2 aliphatic rings. The van der Waals surface area contributed by atoms with E-state index in [-0.39, 0.29) is 11.9 Å². The fourth-order valence-electron chi connectivity index (χ4n) is 2.39. The lowest BCUT2D eigenvalue weighted by Crippen LogP contribution is -2.45. The number of urea groups is 1. The van der Waals surface area contributed by atoms with Crippen LogP contribution in [0.1, 0.15) is 64.2 Å². The second-order valence-corrected chi connectivity index (χ2v) is 7.90. The van der Waals surface area contributed by atoms with Gasteiger partial charge in [0.25, 0.3) is 0 Å². The summed E-state index contributed by atoms with van der Waals surface area (Å²) < 4.78 is 2.21. The highest BCUT2D eigenvalue weighted by Gasteiger charge is 2.37. The Kier molecular flexibility index (Phi) is 4.61. The van der Waals surface area contributed by atoms with Gasteiger partial charge in [0, 0.05) is 18.0 Å². The first kappa shape index (κ1) is 16.3. The van der Waals surface area contributed by atoms with Crippen LogP contribution in [-0.4, -0.2) is 38.0 Å². The van der Waals surface area contributed by atoms with Crippen molar-refractivity contribution in [3.05, 3.63) is 5.82 Å². The van der Waals surface area contributed by atoms with Gasteiger partial charge in [-0.1, -0.05) is 11.8 Å². The summed E-state index contributed by atoms with van der Waals surface area (Å²) in [5.74, 6) is 1.30. The van der Waals surface area contributed by atoms with E-state index in [1.54, 1.807) is 6.92 Å². The molecule has 126 valence electrons. The van der Waals surface area contributed by atoms with Gasteiger partial charge in [0.2, 0.25) is 5.91 Å². The summed E-state index contributed by atoms with van der Waals surface area (Å²) in [6, 6.07) is 0.0206. The normalized spacial score (nSPS) is 18.8. The Morgan fingerprint density at radius 3 is 2.43 bits per heavy atom. The predicted octanol–water partition coefficient (Wildman–Crippen LogP) is 2.21. The molecule has 2 N–H and O–H groups in total. The van der Waals surface area contributed by atoms with E-state index in [2.05, 4.69) is 25.4 Å². The number of nitrogens with zero attached hydrogens (tertiary/aromatic N) is 3. The summed E-state index contributed by atoms with van der Waals surface area (Å²) in [6.07, 6.45) is 4.67. The van der Waals surface area contributed by atoms with Gasteiger partial charge in [-0.15, -0.1) is 10.2 Å². The van der Waals surface area contributed by atoms with Crippen molar-refractivity contribution in [2.45, 2.75) is 74.9 Å². The van der Waals surface area contributed by atoms with E-state index in [1.807, 2.05) is 13.8 Å². The second kappa shape index (κ2) is 6.51. The minimum absolute atomic E-state index is 0.00942. The zero-order chi connectivity index (χ0) is 16.6.